The number of amides is 1. The van der Waals surface area contributed by atoms with Crippen molar-refractivity contribution in [1.82, 2.24) is 4.98 Å². The molecule has 0 radical (unpaired) electrons. The Morgan fingerprint density at radius 3 is 2.63 bits per heavy atom. The van der Waals surface area contributed by atoms with E-state index >= 15 is 0 Å². The van der Waals surface area contributed by atoms with Crippen LogP contribution in [0.3, 0.4) is 0 Å². The molecule has 0 spiro atoms. The largest absolute Gasteiger partial charge is 0.486 e. The Balaban J connectivity index is 1.38. The minimum Gasteiger partial charge on any atom is -0.486 e. The van der Waals surface area contributed by atoms with Crippen molar-refractivity contribution in [1.29, 1.82) is 0 Å². The number of thiazole rings is 1. The zero-order valence-electron chi connectivity index (χ0n) is 16.6. The molecule has 1 aliphatic rings. The van der Waals surface area contributed by atoms with Crippen molar-refractivity contribution < 1.29 is 23.8 Å². The lowest BCUT2D eigenvalue weighted by Crippen LogP contribution is -2.16. The van der Waals surface area contributed by atoms with E-state index in [4.69, 9.17) is 14.2 Å². The molecular weight excluding hydrogens is 404 g/mol. The first-order chi connectivity index (χ1) is 14.5. The third kappa shape index (κ3) is 4.60. The SMILES string of the molecule is CC(=O)c1cc2c(cc1NC(=O)Cc1csc(COc3ccc(C)cc3)n1)OCO2. The molecule has 1 N–H and O–H groups in total. The molecule has 0 saturated carbocycles. The van der Waals surface area contributed by atoms with E-state index in [1.54, 1.807) is 12.1 Å². The average molecular weight is 424 g/mol. The number of ether oxygens (including phenoxy) is 3. The second-order valence-electron chi connectivity index (χ2n) is 6.87. The van der Waals surface area contributed by atoms with Gasteiger partial charge in [-0.15, -0.1) is 11.3 Å². The number of anilines is 1. The maximum absolute atomic E-state index is 12.5. The number of carbonyl (C=O) groups is 2. The highest BCUT2D eigenvalue weighted by atomic mass is 32.1. The minimum atomic E-state index is -0.271. The molecule has 154 valence electrons. The Bertz CT molecular complexity index is 1090. The molecule has 1 aliphatic heterocycles. The number of nitrogens with zero attached hydrogens (tertiary/aromatic N) is 1. The molecule has 8 heteroatoms. The average Bonchev–Trinajstić information content (AvgIpc) is 3.35. The second-order valence-corrected chi connectivity index (χ2v) is 7.81. The summed E-state index contributed by atoms with van der Waals surface area (Å²) in [6, 6.07) is 11.0. The normalized spacial score (nSPS) is 11.9. The van der Waals surface area contributed by atoms with Crippen LogP contribution in [0.5, 0.6) is 17.2 Å². The second kappa shape index (κ2) is 8.54. The van der Waals surface area contributed by atoms with Crippen molar-refractivity contribution in [2.75, 3.05) is 12.1 Å². The first-order valence-electron chi connectivity index (χ1n) is 9.35. The van der Waals surface area contributed by atoms with Gasteiger partial charge in [0.1, 0.15) is 17.4 Å². The lowest BCUT2D eigenvalue weighted by atomic mass is 10.1. The van der Waals surface area contributed by atoms with E-state index in [0.717, 1.165) is 10.8 Å². The van der Waals surface area contributed by atoms with Crippen molar-refractivity contribution in [3.8, 4) is 17.2 Å². The van der Waals surface area contributed by atoms with Crippen LogP contribution < -0.4 is 19.5 Å². The Morgan fingerprint density at radius 2 is 1.90 bits per heavy atom. The Kier molecular flexibility index (Phi) is 5.67. The smallest absolute Gasteiger partial charge is 0.231 e. The molecule has 0 unspecified atom stereocenters. The monoisotopic (exact) mass is 424 g/mol. The van der Waals surface area contributed by atoms with E-state index in [9.17, 15) is 9.59 Å². The fourth-order valence-corrected chi connectivity index (χ4v) is 3.68. The molecule has 0 saturated heterocycles. The highest BCUT2D eigenvalue weighted by molar-refractivity contribution is 7.09. The summed E-state index contributed by atoms with van der Waals surface area (Å²) in [6.07, 6.45) is 0.0901. The van der Waals surface area contributed by atoms with Crippen molar-refractivity contribution >= 4 is 28.7 Å². The fraction of sp³-hybridized carbons (Fsp3) is 0.227. The van der Waals surface area contributed by atoms with E-state index in [-0.39, 0.29) is 24.9 Å². The van der Waals surface area contributed by atoms with E-state index in [2.05, 4.69) is 10.3 Å². The molecule has 1 amide bonds. The summed E-state index contributed by atoms with van der Waals surface area (Å²) < 4.78 is 16.4. The van der Waals surface area contributed by atoms with E-state index in [0.29, 0.717) is 35.1 Å². The number of Topliss-reactive ketones (excluding diaryl/α,β-unsaturated/α-hetero) is 1. The molecule has 0 fully saturated rings. The van der Waals surface area contributed by atoms with Crippen molar-refractivity contribution in [3.63, 3.8) is 0 Å². The number of nitrogens with one attached hydrogen (secondary N) is 1. The van der Waals surface area contributed by atoms with Crippen LogP contribution in [0.2, 0.25) is 0 Å². The number of rotatable bonds is 7. The molecule has 30 heavy (non-hydrogen) atoms. The number of benzene rings is 2. The van der Waals surface area contributed by atoms with Crippen LogP contribution in [-0.4, -0.2) is 23.5 Å². The third-order valence-corrected chi connectivity index (χ3v) is 5.36. The van der Waals surface area contributed by atoms with E-state index in [1.807, 2.05) is 36.6 Å². The zero-order chi connectivity index (χ0) is 21.1. The number of fused-ring (bicyclic) bond motifs is 1. The molecule has 1 aromatic heterocycles. The summed E-state index contributed by atoms with van der Waals surface area (Å²) in [7, 11) is 0. The predicted molar refractivity (Wildman–Crippen MR) is 113 cm³/mol. The lowest BCUT2D eigenvalue weighted by Gasteiger charge is -2.10. The first kappa shape index (κ1) is 19.9. The van der Waals surface area contributed by atoms with Gasteiger partial charge in [0.25, 0.3) is 0 Å². The highest BCUT2D eigenvalue weighted by Gasteiger charge is 2.20. The molecule has 0 atom stereocenters. The Hall–Kier alpha value is -3.39. The van der Waals surface area contributed by atoms with Gasteiger partial charge in [-0.3, -0.25) is 9.59 Å². The van der Waals surface area contributed by atoms with E-state index < -0.39 is 0 Å². The summed E-state index contributed by atoms with van der Waals surface area (Å²) in [5.41, 5.74) is 2.58. The molecule has 2 aromatic carbocycles. The van der Waals surface area contributed by atoms with E-state index in [1.165, 1.54) is 23.8 Å². The topological polar surface area (TPSA) is 86.8 Å². The summed E-state index contributed by atoms with van der Waals surface area (Å²) in [5, 5.41) is 5.40. The van der Waals surface area contributed by atoms with Crippen LogP contribution in [-0.2, 0) is 17.8 Å². The molecule has 7 nitrogen and oxygen atoms in total. The predicted octanol–water partition coefficient (Wildman–Crippen LogP) is 4.14. The summed E-state index contributed by atoms with van der Waals surface area (Å²) >= 11 is 1.44. The van der Waals surface area contributed by atoms with Gasteiger partial charge in [0.15, 0.2) is 17.3 Å². The standard InChI is InChI=1S/C22H20N2O5S/c1-13-3-5-16(6-4-13)27-10-22-23-15(11-30-22)7-21(26)24-18-9-20-19(28-12-29-20)8-17(18)14(2)25/h3-6,8-9,11H,7,10,12H2,1-2H3,(H,24,26). The van der Waals surface area contributed by atoms with Gasteiger partial charge in [-0.05, 0) is 32.0 Å². The van der Waals surface area contributed by atoms with Crippen LogP contribution in [0, 0.1) is 6.92 Å². The molecule has 0 bridgehead atoms. The van der Waals surface area contributed by atoms with Crippen LogP contribution in [0.1, 0.15) is 33.5 Å². The fourth-order valence-electron chi connectivity index (χ4n) is 2.97. The number of aryl methyl sites for hydroxylation is 1. The van der Waals surface area contributed by atoms with Gasteiger partial charge in [-0.2, -0.15) is 0 Å². The number of aromatic nitrogens is 1. The maximum atomic E-state index is 12.5. The van der Waals surface area contributed by atoms with Crippen molar-refractivity contribution in [2.24, 2.45) is 0 Å². The molecule has 2 heterocycles. The summed E-state index contributed by atoms with van der Waals surface area (Å²) in [4.78, 5) is 28.9. The van der Waals surface area contributed by atoms with Crippen LogP contribution in [0.15, 0.2) is 41.8 Å². The number of hydrogen-bond acceptors (Lipinski definition) is 7. The quantitative estimate of drug-likeness (QED) is 0.574. The molecule has 4 rings (SSSR count). The number of hydrogen-bond donors (Lipinski definition) is 1. The minimum absolute atomic E-state index is 0.0901. The van der Waals surface area contributed by atoms with Gasteiger partial charge in [0, 0.05) is 17.0 Å². The molecule has 0 aliphatic carbocycles. The van der Waals surface area contributed by atoms with Crippen molar-refractivity contribution in [2.45, 2.75) is 26.9 Å². The molecular formula is C22H20N2O5S. The van der Waals surface area contributed by atoms with Crippen LogP contribution in [0.25, 0.3) is 0 Å². The van der Waals surface area contributed by atoms with Gasteiger partial charge >= 0.3 is 0 Å². The number of carbonyl (C=O) groups excluding carboxylic acids is 2. The van der Waals surface area contributed by atoms with Gasteiger partial charge < -0.3 is 19.5 Å². The Labute approximate surface area is 177 Å². The van der Waals surface area contributed by atoms with Gasteiger partial charge in [-0.1, -0.05) is 17.7 Å². The van der Waals surface area contributed by atoms with Crippen LogP contribution >= 0.6 is 11.3 Å². The lowest BCUT2D eigenvalue weighted by molar-refractivity contribution is -0.115. The van der Waals surface area contributed by atoms with Crippen molar-refractivity contribution in [3.05, 3.63) is 63.6 Å². The van der Waals surface area contributed by atoms with Gasteiger partial charge in [0.05, 0.1) is 17.8 Å². The summed E-state index contributed by atoms with van der Waals surface area (Å²) in [5.74, 6) is 1.32. The number of ketones is 1. The zero-order valence-corrected chi connectivity index (χ0v) is 17.4. The maximum Gasteiger partial charge on any atom is 0.231 e. The third-order valence-electron chi connectivity index (χ3n) is 4.49. The highest BCUT2D eigenvalue weighted by Crippen LogP contribution is 2.37. The van der Waals surface area contributed by atoms with Gasteiger partial charge in [-0.25, -0.2) is 4.98 Å². The summed E-state index contributed by atoms with van der Waals surface area (Å²) in [6.45, 7) is 3.89. The molecule has 3 aromatic rings. The Morgan fingerprint density at radius 1 is 1.17 bits per heavy atom. The van der Waals surface area contributed by atoms with Crippen LogP contribution in [0.4, 0.5) is 5.69 Å². The van der Waals surface area contributed by atoms with Gasteiger partial charge in [0.2, 0.25) is 12.7 Å². The first-order valence-corrected chi connectivity index (χ1v) is 10.2.